The molecule has 0 spiro atoms. The van der Waals surface area contributed by atoms with E-state index in [1.807, 2.05) is 18.2 Å². The summed E-state index contributed by atoms with van der Waals surface area (Å²) >= 11 is 9.44. The molecule has 0 fully saturated rings. The summed E-state index contributed by atoms with van der Waals surface area (Å²) in [6.45, 7) is 1.25. The van der Waals surface area contributed by atoms with E-state index in [1.54, 1.807) is 0 Å². The van der Waals surface area contributed by atoms with Gasteiger partial charge < -0.3 is 11.1 Å². The minimum Gasteiger partial charge on any atom is -0.329 e. The standard InChI is InChI=1S/C12H14BrClN2/c1-2-3-6-16-12(8-15)10-7-9(14)4-5-11(10)13/h1,4-5,7,12,16H,3,6,8,15H2. The van der Waals surface area contributed by atoms with Gasteiger partial charge in [0.25, 0.3) is 0 Å². The number of nitrogens with one attached hydrogen (secondary N) is 1. The van der Waals surface area contributed by atoms with Crippen LogP contribution < -0.4 is 11.1 Å². The molecule has 1 unspecified atom stereocenters. The van der Waals surface area contributed by atoms with Gasteiger partial charge in [-0.25, -0.2) is 0 Å². The summed E-state index contributed by atoms with van der Waals surface area (Å²) in [7, 11) is 0. The molecule has 0 heterocycles. The maximum absolute atomic E-state index is 5.96. The summed E-state index contributed by atoms with van der Waals surface area (Å²) in [6.07, 6.45) is 5.89. The first-order valence-electron chi connectivity index (χ1n) is 5.01. The molecule has 0 saturated heterocycles. The lowest BCUT2D eigenvalue weighted by Crippen LogP contribution is -2.29. The molecule has 1 rings (SSSR count). The van der Waals surface area contributed by atoms with Crippen LogP contribution in [0.2, 0.25) is 5.02 Å². The molecule has 0 amide bonds. The third-order valence-corrected chi connectivity index (χ3v) is 3.19. The van der Waals surface area contributed by atoms with Gasteiger partial charge in [0.1, 0.15) is 0 Å². The van der Waals surface area contributed by atoms with E-state index >= 15 is 0 Å². The Hall–Kier alpha value is -0.530. The largest absolute Gasteiger partial charge is 0.329 e. The molecule has 0 aliphatic heterocycles. The van der Waals surface area contributed by atoms with Crippen molar-refractivity contribution < 1.29 is 0 Å². The third-order valence-electron chi connectivity index (χ3n) is 2.23. The van der Waals surface area contributed by atoms with Gasteiger partial charge in [0.15, 0.2) is 0 Å². The van der Waals surface area contributed by atoms with Crippen LogP contribution in [0, 0.1) is 12.3 Å². The third kappa shape index (κ3) is 3.80. The van der Waals surface area contributed by atoms with Crippen LogP contribution in [0.15, 0.2) is 22.7 Å². The number of benzene rings is 1. The van der Waals surface area contributed by atoms with Gasteiger partial charge in [0.2, 0.25) is 0 Å². The second-order valence-electron chi connectivity index (χ2n) is 3.36. The van der Waals surface area contributed by atoms with Gasteiger partial charge in [0.05, 0.1) is 0 Å². The molecule has 0 aliphatic carbocycles. The Labute approximate surface area is 110 Å². The smallest absolute Gasteiger partial charge is 0.0456 e. The minimum atomic E-state index is 0.0708. The van der Waals surface area contributed by atoms with E-state index in [9.17, 15) is 0 Å². The first kappa shape index (κ1) is 13.5. The highest BCUT2D eigenvalue weighted by Crippen LogP contribution is 2.26. The van der Waals surface area contributed by atoms with E-state index in [2.05, 4.69) is 27.2 Å². The molecular weight excluding hydrogens is 288 g/mol. The lowest BCUT2D eigenvalue weighted by molar-refractivity contribution is 0.549. The lowest BCUT2D eigenvalue weighted by Gasteiger charge is -2.18. The highest BCUT2D eigenvalue weighted by atomic mass is 79.9. The van der Waals surface area contributed by atoms with E-state index < -0.39 is 0 Å². The predicted molar refractivity (Wildman–Crippen MR) is 72.4 cm³/mol. The van der Waals surface area contributed by atoms with E-state index in [4.69, 9.17) is 23.8 Å². The van der Waals surface area contributed by atoms with Gasteiger partial charge in [-0.1, -0.05) is 27.5 Å². The van der Waals surface area contributed by atoms with Gasteiger partial charge in [-0.15, -0.1) is 12.3 Å². The van der Waals surface area contributed by atoms with Crippen molar-refractivity contribution in [2.45, 2.75) is 12.5 Å². The average molecular weight is 302 g/mol. The molecule has 86 valence electrons. The topological polar surface area (TPSA) is 38.0 Å². The van der Waals surface area contributed by atoms with Crippen molar-refractivity contribution in [3.8, 4) is 12.3 Å². The molecule has 16 heavy (non-hydrogen) atoms. The number of terminal acetylenes is 1. The predicted octanol–water partition coefficient (Wildman–Crippen LogP) is 2.72. The van der Waals surface area contributed by atoms with E-state index in [-0.39, 0.29) is 6.04 Å². The Morgan fingerprint density at radius 1 is 1.56 bits per heavy atom. The normalized spacial score (nSPS) is 12.1. The summed E-state index contributed by atoms with van der Waals surface area (Å²) in [5, 5.41) is 4.00. The molecule has 1 aromatic carbocycles. The fraction of sp³-hybridized carbons (Fsp3) is 0.333. The number of hydrogen-bond acceptors (Lipinski definition) is 2. The second kappa shape index (κ2) is 6.93. The van der Waals surface area contributed by atoms with Crippen LogP contribution in [0.3, 0.4) is 0 Å². The van der Waals surface area contributed by atoms with Crippen molar-refractivity contribution in [3.05, 3.63) is 33.3 Å². The molecule has 0 aromatic heterocycles. The maximum atomic E-state index is 5.96. The SMILES string of the molecule is C#CCCNC(CN)c1cc(Cl)ccc1Br. The molecule has 0 saturated carbocycles. The van der Waals surface area contributed by atoms with Gasteiger partial charge in [-0.3, -0.25) is 0 Å². The van der Waals surface area contributed by atoms with Crippen LogP contribution in [-0.2, 0) is 0 Å². The highest BCUT2D eigenvalue weighted by Gasteiger charge is 2.12. The van der Waals surface area contributed by atoms with Crippen molar-refractivity contribution in [2.75, 3.05) is 13.1 Å². The van der Waals surface area contributed by atoms with E-state index in [0.717, 1.165) is 16.6 Å². The molecule has 0 radical (unpaired) electrons. The summed E-state index contributed by atoms with van der Waals surface area (Å²) < 4.78 is 1.00. The molecule has 1 atom stereocenters. The van der Waals surface area contributed by atoms with Gasteiger partial charge >= 0.3 is 0 Å². The number of halogens is 2. The Kier molecular flexibility index (Phi) is 5.86. The molecule has 0 bridgehead atoms. The summed E-state index contributed by atoms with van der Waals surface area (Å²) in [5.74, 6) is 2.58. The monoisotopic (exact) mass is 300 g/mol. The summed E-state index contributed by atoms with van der Waals surface area (Å²) in [5.41, 5.74) is 6.79. The Bertz CT molecular complexity index is 387. The Balaban J connectivity index is 2.78. The van der Waals surface area contributed by atoms with Gasteiger partial charge in [-0.2, -0.15) is 0 Å². The van der Waals surface area contributed by atoms with Gasteiger partial charge in [-0.05, 0) is 23.8 Å². The quantitative estimate of drug-likeness (QED) is 0.648. The Morgan fingerprint density at radius 3 is 2.94 bits per heavy atom. The number of rotatable bonds is 5. The molecule has 2 nitrogen and oxygen atoms in total. The van der Waals surface area contributed by atoms with Crippen LogP contribution in [0.25, 0.3) is 0 Å². The summed E-state index contributed by atoms with van der Waals surface area (Å²) in [4.78, 5) is 0. The van der Waals surface area contributed by atoms with Crippen molar-refractivity contribution in [1.82, 2.24) is 5.32 Å². The first-order valence-corrected chi connectivity index (χ1v) is 6.18. The minimum absolute atomic E-state index is 0.0708. The summed E-state index contributed by atoms with van der Waals surface area (Å²) in [6, 6.07) is 5.74. The zero-order valence-electron chi connectivity index (χ0n) is 8.84. The lowest BCUT2D eigenvalue weighted by atomic mass is 10.1. The second-order valence-corrected chi connectivity index (χ2v) is 4.65. The molecule has 4 heteroatoms. The van der Waals surface area contributed by atoms with Crippen LogP contribution in [0.4, 0.5) is 0 Å². The molecule has 1 aromatic rings. The van der Waals surface area contributed by atoms with Crippen molar-refractivity contribution >= 4 is 27.5 Å². The molecular formula is C12H14BrClN2. The van der Waals surface area contributed by atoms with E-state index in [0.29, 0.717) is 18.0 Å². The van der Waals surface area contributed by atoms with Crippen LogP contribution >= 0.6 is 27.5 Å². The zero-order chi connectivity index (χ0) is 12.0. The molecule has 0 aliphatic rings. The fourth-order valence-electron chi connectivity index (χ4n) is 1.42. The molecule has 3 N–H and O–H groups in total. The van der Waals surface area contributed by atoms with Crippen LogP contribution in [0.1, 0.15) is 18.0 Å². The van der Waals surface area contributed by atoms with E-state index in [1.165, 1.54) is 0 Å². The average Bonchev–Trinajstić information content (AvgIpc) is 2.28. The fourth-order valence-corrected chi connectivity index (χ4v) is 2.12. The maximum Gasteiger partial charge on any atom is 0.0456 e. The van der Waals surface area contributed by atoms with Crippen LogP contribution in [-0.4, -0.2) is 13.1 Å². The first-order chi connectivity index (χ1) is 7.69. The van der Waals surface area contributed by atoms with Crippen molar-refractivity contribution in [2.24, 2.45) is 5.73 Å². The van der Waals surface area contributed by atoms with Gasteiger partial charge in [0, 0.05) is 35.0 Å². The van der Waals surface area contributed by atoms with Crippen molar-refractivity contribution in [3.63, 3.8) is 0 Å². The van der Waals surface area contributed by atoms with Crippen molar-refractivity contribution in [1.29, 1.82) is 0 Å². The Morgan fingerprint density at radius 2 is 2.31 bits per heavy atom. The van der Waals surface area contributed by atoms with Crippen LogP contribution in [0.5, 0.6) is 0 Å². The zero-order valence-corrected chi connectivity index (χ0v) is 11.2. The highest BCUT2D eigenvalue weighted by molar-refractivity contribution is 9.10. The number of nitrogens with two attached hydrogens (primary N) is 1. The number of hydrogen-bond donors (Lipinski definition) is 2.